The Labute approximate surface area is 150 Å². The number of carbonyl (C=O) groups excluding carboxylic acids is 1. The van der Waals surface area contributed by atoms with E-state index in [4.69, 9.17) is 11.6 Å². The van der Waals surface area contributed by atoms with Gasteiger partial charge in [-0.1, -0.05) is 17.7 Å². The predicted octanol–water partition coefficient (Wildman–Crippen LogP) is 2.90. The van der Waals surface area contributed by atoms with Gasteiger partial charge >= 0.3 is 0 Å². The molecule has 0 saturated heterocycles. The molecule has 0 fully saturated rings. The van der Waals surface area contributed by atoms with Crippen LogP contribution in [0.5, 0.6) is 11.5 Å². The largest absolute Gasteiger partial charge is 0.504 e. The average molecular weight is 382 g/mol. The molecule has 8 heteroatoms. The molecule has 2 aromatic rings. The fraction of sp³-hybridized carbons (Fsp3) is 0.118. The molecular weight excluding hydrogens is 366 g/mol. The van der Waals surface area contributed by atoms with Crippen LogP contribution in [0.15, 0.2) is 47.4 Å². The van der Waals surface area contributed by atoms with Crippen LogP contribution in [-0.2, 0) is 10.0 Å². The molecule has 0 aromatic heterocycles. The highest BCUT2D eigenvalue weighted by Crippen LogP contribution is 2.34. The summed E-state index contributed by atoms with van der Waals surface area (Å²) in [6, 6.07) is 8.22. The number of phenols is 2. The zero-order valence-corrected chi connectivity index (χ0v) is 15.0. The number of allylic oxidation sites excluding steroid dienone is 1. The lowest BCUT2D eigenvalue weighted by Crippen LogP contribution is -2.22. The van der Waals surface area contributed by atoms with E-state index in [1.165, 1.54) is 62.6 Å². The lowest BCUT2D eigenvalue weighted by Gasteiger charge is -2.11. The lowest BCUT2D eigenvalue weighted by atomic mass is 10.1. The van der Waals surface area contributed by atoms with Crippen LogP contribution < -0.4 is 0 Å². The van der Waals surface area contributed by atoms with Crippen molar-refractivity contribution in [2.45, 2.75) is 4.90 Å². The van der Waals surface area contributed by atoms with Gasteiger partial charge in [-0.2, -0.15) is 0 Å². The van der Waals surface area contributed by atoms with Crippen LogP contribution in [0.25, 0.3) is 6.08 Å². The molecule has 0 saturated carbocycles. The van der Waals surface area contributed by atoms with Gasteiger partial charge in [-0.15, -0.1) is 0 Å². The van der Waals surface area contributed by atoms with E-state index in [9.17, 15) is 23.4 Å². The summed E-state index contributed by atoms with van der Waals surface area (Å²) in [6.07, 6.45) is 2.69. The van der Waals surface area contributed by atoms with Gasteiger partial charge in [0, 0.05) is 19.7 Å². The van der Waals surface area contributed by atoms with Gasteiger partial charge in [0.2, 0.25) is 10.0 Å². The number of aromatic hydroxyl groups is 2. The third-order valence-corrected chi connectivity index (χ3v) is 5.53. The first-order chi connectivity index (χ1) is 11.6. The number of sulfonamides is 1. The topological polar surface area (TPSA) is 94.9 Å². The first-order valence-electron chi connectivity index (χ1n) is 7.09. The van der Waals surface area contributed by atoms with Crippen molar-refractivity contribution in [2.75, 3.05) is 14.1 Å². The van der Waals surface area contributed by atoms with Crippen LogP contribution in [0.4, 0.5) is 0 Å². The van der Waals surface area contributed by atoms with Gasteiger partial charge in [0.15, 0.2) is 17.3 Å². The van der Waals surface area contributed by atoms with Gasteiger partial charge in [0.25, 0.3) is 0 Å². The number of halogens is 1. The maximum atomic E-state index is 12.2. The second kappa shape index (κ2) is 7.26. The number of nitrogens with zero attached hydrogens (tertiary/aromatic N) is 1. The van der Waals surface area contributed by atoms with E-state index in [1.54, 1.807) is 0 Å². The summed E-state index contributed by atoms with van der Waals surface area (Å²) < 4.78 is 25.1. The summed E-state index contributed by atoms with van der Waals surface area (Å²) in [4.78, 5) is 12.2. The van der Waals surface area contributed by atoms with Crippen molar-refractivity contribution in [3.05, 3.63) is 58.6 Å². The normalized spacial score (nSPS) is 12.0. The molecule has 2 N–H and O–H groups in total. The molecule has 0 unspecified atom stereocenters. The van der Waals surface area contributed by atoms with Gasteiger partial charge < -0.3 is 10.2 Å². The number of carbonyl (C=O) groups is 1. The molecular formula is C17H16ClNO5S. The molecule has 0 atom stereocenters. The predicted molar refractivity (Wildman–Crippen MR) is 95.5 cm³/mol. The minimum atomic E-state index is -3.55. The fourth-order valence-corrected chi connectivity index (χ4v) is 3.10. The standard InChI is InChI=1S/C17H16ClNO5S/c1-19(2)25(23,24)13-6-4-12(5-7-13)15(20)8-3-11-9-14(18)17(22)16(21)10-11/h3-10,21-22H,1-2H3/b8-3+. The molecule has 0 spiro atoms. The van der Waals surface area contributed by atoms with Crippen molar-refractivity contribution in [1.29, 1.82) is 0 Å². The molecule has 0 amide bonds. The Kier molecular flexibility index (Phi) is 5.52. The van der Waals surface area contributed by atoms with Crippen LogP contribution in [0.1, 0.15) is 15.9 Å². The molecule has 0 aliphatic heterocycles. The minimum Gasteiger partial charge on any atom is -0.504 e. The molecule has 132 valence electrons. The Morgan fingerprint density at radius 1 is 1.12 bits per heavy atom. The zero-order chi connectivity index (χ0) is 18.8. The highest BCUT2D eigenvalue weighted by atomic mass is 35.5. The van der Waals surface area contributed by atoms with E-state index in [-0.39, 0.29) is 15.7 Å². The highest BCUT2D eigenvalue weighted by Gasteiger charge is 2.17. The van der Waals surface area contributed by atoms with Gasteiger partial charge in [0.05, 0.1) is 9.92 Å². The van der Waals surface area contributed by atoms with Crippen LogP contribution in [-0.4, -0.2) is 42.8 Å². The zero-order valence-electron chi connectivity index (χ0n) is 13.5. The lowest BCUT2D eigenvalue weighted by molar-refractivity contribution is 0.104. The fourth-order valence-electron chi connectivity index (χ4n) is 1.97. The third-order valence-electron chi connectivity index (χ3n) is 3.41. The van der Waals surface area contributed by atoms with Crippen LogP contribution in [0.3, 0.4) is 0 Å². The SMILES string of the molecule is CN(C)S(=O)(=O)c1ccc(C(=O)/C=C/c2cc(O)c(O)c(Cl)c2)cc1. The summed E-state index contributed by atoms with van der Waals surface area (Å²) in [5.41, 5.74) is 0.739. The molecule has 2 rings (SSSR count). The molecule has 0 aliphatic carbocycles. The number of hydrogen-bond acceptors (Lipinski definition) is 5. The van der Waals surface area contributed by atoms with Crippen molar-refractivity contribution in [1.82, 2.24) is 4.31 Å². The molecule has 0 bridgehead atoms. The maximum Gasteiger partial charge on any atom is 0.242 e. The summed E-state index contributed by atoms with van der Waals surface area (Å²) in [7, 11) is -0.698. The van der Waals surface area contributed by atoms with E-state index in [1.807, 2.05) is 0 Å². The second-order valence-corrected chi connectivity index (χ2v) is 7.94. The molecule has 0 radical (unpaired) electrons. The molecule has 6 nitrogen and oxygen atoms in total. The summed E-state index contributed by atoms with van der Waals surface area (Å²) in [6.45, 7) is 0. The molecule has 25 heavy (non-hydrogen) atoms. The summed E-state index contributed by atoms with van der Waals surface area (Å²) in [5.74, 6) is -1.17. The van der Waals surface area contributed by atoms with Crippen molar-refractivity contribution in [2.24, 2.45) is 0 Å². The molecule has 0 aliphatic rings. The van der Waals surface area contributed by atoms with Crippen LogP contribution in [0, 0.1) is 0 Å². The minimum absolute atomic E-state index is 0.0367. The van der Waals surface area contributed by atoms with Gasteiger partial charge in [-0.3, -0.25) is 4.79 Å². The number of rotatable bonds is 5. The highest BCUT2D eigenvalue weighted by molar-refractivity contribution is 7.89. The summed E-state index contributed by atoms with van der Waals surface area (Å²) in [5, 5.41) is 18.9. The average Bonchev–Trinajstić information content (AvgIpc) is 2.57. The number of phenolic OH excluding ortho intramolecular Hbond substituents is 2. The van der Waals surface area contributed by atoms with E-state index in [0.29, 0.717) is 11.1 Å². The van der Waals surface area contributed by atoms with E-state index in [0.717, 1.165) is 4.31 Å². The quantitative estimate of drug-likeness (QED) is 0.471. The van der Waals surface area contributed by atoms with Crippen LogP contribution >= 0.6 is 11.6 Å². The van der Waals surface area contributed by atoms with Crippen LogP contribution in [0.2, 0.25) is 5.02 Å². The number of ketones is 1. The van der Waals surface area contributed by atoms with Gasteiger partial charge in [0.1, 0.15) is 0 Å². The third kappa shape index (κ3) is 4.19. The van der Waals surface area contributed by atoms with Crippen molar-refractivity contribution in [3.8, 4) is 11.5 Å². The Morgan fingerprint density at radius 3 is 2.24 bits per heavy atom. The molecule has 2 aromatic carbocycles. The monoisotopic (exact) mass is 381 g/mol. The summed E-state index contributed by atoms with van der Waals surface area (Å²) >= 11 is 5.75. The smallest absolute Gasteiger partial charge is 0.242 e. The Hall–Kier alpha value is -2.35. The first-order valence-corrected chi connectivity index (χ1v) is 8.91. The van der Waals surface area contributed by atoms with Gasteiger partial charge in [-0.25, -0.2) is 12.7 Å². The number of hydrogen-bond donors (Lipinski definition) is 2. The van der Waals surface area contributed by atoms with Crippen molar-refractivity contribution < 1.29 is 23.4 Å². The first kappa shape index (κ1) is 19.0. The Morgan fingerprint density at radius 2 is 1.72 bits per heavy atom. The van der Waals surface area contributed by atoms with E-state index >= 15 is 0 Å². The van der Waals surface area contributed by atoms with Gasteiger partial charge in [-0.05, 0) is 48.0 Å². The van der Waals surface area contributed by atoms with E-state index < -0.39 is 21.5 Å². The second-order valence-electron chi connectivity index (χ2n) is 5.38. The maximum absolute atomic E-state index is 12.2. The number of benzene rings is 2. The van der Waals surface area contributed by atoms with Crippen molar-refractivity contribution >= 4 is 33.5 Å². The van der Waals surface area contributed by atoms with Crippen molar-refractivity contribution in [3.63, 3.8) is 0 Å². The molecule has 0 heterocycles. The Balaban J connectivity index is 2.22. The Bertz CT molecular complexity index is 911. The van der Waals surface area contributed by atoms with E-state index in [2.05, 4.69) is 0 Å².